The van der Waals surface area contributed by atoms with E-state index in [-0.39, 0.29) is 6.61 Å². The maximum atomic E-state index is 10.4. The molecule has 2 heterocycles. The number of fused-ring (bicyclic) bond motifs is 2. The fourth-order valence-electron chi connectivity index (χ4n) is 3.13. The quantitative estimate of drug-likeness (QED) is 0.719. The fourth-order valence-corrected chi connectivity index (χ4v) is 3.13. The first-order valence-electron chi connectivity index (χ1n) is 6.99. The van der Waals surface area contributed by atoms with Gasteiger partial charge in [-0.1, -0.05) is 12.1 Å². The summed E-state index contributed by atoms with van der Waals surface area (Å²) in [5.41, 5.74) is 1.86. The fraction of sp³-hybridized carbons (Fsp3) is 0.600. The Kier molecular flexibility index (Phi) is 3.90. The molecule has 0 radical (unpaired) electrons. The van der Waals surface area contributed by atoms with Crippen LogP contribution in [0.25, 0.3) is 0 Å². The number of hydrogen-bond acceptors (Lipinski definition) is 6. The lowest BCUT2D eigenvalue weighted by molar-refractivity contribution is -0.285. The first-order valence-corrected chi connectivity index (χ1v) is 6.99. The van der Waals surface area contributed by atoms with Gasteiger partial charge in [-0.15, -0.1) is 0 Å². The van der Waals surface area contributed by atoms with Gasteiger partial charge >= 0.3 is 0 Å². The number of hydrogen-bond donors (Lipinski definition) is 3. The summed E-state index contributed by atoms with van der Waals surface area (Å²) in [6, 6.07) is 5.72. The van der Waals surface area contributed by atoms with E-state index >= 15 is 0 Å². The minimum atomic E-state index is -1.18. The van der Waals surface area contributed by atoms with Gasteiger partial charge in [0.05, 0.1) is 24.7 Å². The highest BCUT2D eigenvalue weighted by Gasteiger charge is 2.52. The maximum Gasteiger partial charge on any atom is 0.208 e. The van der Waals surface area contributed by atoms with E-state index < -0.39 is 36.6 Å². The Morgan fingerprint density at radius 3 is 2.67 bits per heavy atom. The SMILES string of the molecule is CO[C@H]1c2ccc(C)cc2OC2O[C@H](CO)[C@H](O)[C@H](O)C21. The Labute approximate surface area is 122 Å². The molecule has 6 heteroatoms. The zero-order chi connectivity index (χ0) is 15.1. The molecule has 0 bridgehead atoms. The van der Waals surface area contributed by atoms with E-state index in [1.807, 2.05) is 25.1 Å². The van der Waals surface area contributed by atoms with Crippen LogP contribution in [0, 0.1) is 12.8 Å². The largest absolute Gasteiger partial charge is 0.464 e. The first kappa shape index (κ1) is 14.7. The van der Waals surface area contributed by atoms with Crippen molar-refractivity contribution < 1.29 is 29.5 Å². The predicted octanol–water partition coefficient (Wildman–Crippen LogP) is 0.130. The summed E-state index contributed by atoms with van der Waals surface area (Å²) < 4.78 is 16.9. The molecule has 0 spiro atoms. The van der Waals surface area contributed by atoms with E-state index in [1.165, 1.54) is 0 Å². The Hall–Kier alpha value is -1.18. The van der Waals surface area contributed by atoms with Crippen LogP contribution in [0.2, 0.25) is 0 Å². The molecule has 1 aromatic rings. The molecule has 3 rings (SSSR count). The summed E-state index contributed by atoms with van der Waals surface area (Å²) in [6.45, 7) is 1.57. The number of aliphatic hydroxyl groups is 3. The molecule has 0 saturated carbocycles. The van der Waals surface area contributed by atoms with E-state index in [4.69, 9.17) is 14.2 Å². The van der Waals surface area contributed by atoms with Crippen LogP contribution in [0.15, 0.2) is 18.2 Å². The lowest BCUT2D eigenvalue weighted by atomic mass is 9.82. The van der Waals surface area contributed by atoms with Crippen molar-refractivity contribution in [2.24, 2.45) is 5.92 Å². The highest BCUT2D eigenvalue weighted by molar-refractivity contribution is 5.41. The number of methoxy groups -OCH3 is 1. The standard InChI is InChI=1S/C15H20O6/c1-7-3-4-8-9(5-7)20-15-11(14(8)19-2)13(18)12(17)10(6-16)21-15/h3-5,10-18H,6H2,1-2H3/t10-,11?,12+,13-,14+,15?/m1/s1. The number of rotatable bonds is 2. The van der Waals surface area contributed by atoms with Crippen molar-refractivity contribution in [1.82, 2.24) is 0 Å². The molecule has 0 aliphatic carbocycles. The summed E-state index contributed by atoms with van der Waals surface area (Å²) in [6.07, 6.45) is -4.35. The average Bonchev–Trinajstić information content (AvgIpc) is 2.48. The average molecular weight is 296 g/mol. The molecule has 0 aromatic heterocycles. The van der Waals surface area contributed by atoms with Crippen molar-refractivity contribution >= 4 is 0 Å². The molecule has 0 amide bonds. The van der Waals surface area contributed by atoms with Crippen LogP contribution in [0.4, 0.5) is 0 Å². The third-order valence-electron chi connectivity index (χ3n) is 4.25. The van der Waals surface area contributed by atoms with E-state index in [9.17, 15) is 15.3 Å². The van der Waals surface area contributed by atoms with E-state index in [2.05, 4.69) is 0 Å². The van der Waals surface area contributed by atoms with Crippen LogP contribution in [-0.2, 0) is 9.47 Å². The second-order valence-electron chi connectivity index (χ2n) is 5.60. The Morgan fingerprint density at radius 1 is 1.24 bits per heavy atom. The van der Waals surface area contributed by atoms with Crippen molar-refractivity contribution in [3.63, 3.8) is 0 Å². The molecule has 6 atom stereocenters. The van der Waals surface area contributed by atoms with Gasteiger partial charge in [0, 0.05) is 12.7 Å². The normalized spacial score (nSPS) is 38.3. The molecule has 21 heavy (non-hydrogen) atoms. The molecule has 1 saturated heterocycles. The van der Waals surface area contributed by atoms with Crippen LogP contribution in [-0.4, -0.2) is 53.6 Å². The molecule has 116 valence electrons. The van der Waals surface area contributed by atoms with Gasteiger partial charge in [0.25, 0.3) is 0 Å². The summed E-state index contributed by atoms with van der Waals surface area (Å²) >= 11 is 0. The highest BCUT2D eigenvalue weighted by Crippen LogP contribution is 2.45. The second kappa shape index (κ2) is 5.55. The minimum Gasteiger partial charge on any atom is -0.464 e. The summed E-state index contributed by atoms with van der Waals surface area (Å²) in [7, 11) is 1.55. The Bertz CT molecular complexity index is 519. The first-order chi connectivity index (χ1) is 10.1. The molecule has 6 nitrogen and oxygen atoms in total. The molecule has 2 unspecified atom stereocenters. The van der Waals surface area contributed by atoms with Gasteiger partial charge in [-0.3, -0.25) is 0 Å². The highest BCUT2D eigenvalue weighted by atomic mass is 16.7. The lowest BCUT2D eigenvalue weighted by Crippen LogP contribution is -2.60. The number of benzene rings is 1. The van der Waals surface area contributed by atoms with E-state index in [1.54, 1.807) is 7.11 Å². The van der Waals surface area contributed by atoms with Gasteiger partial charge in [0.1, 0.15) is 18.0 Å². The maximum absolute atomic E-state index is 10.4. The molecule has 1 aromatic carbocycles. The molecule has 3 N–H and O–H groups in total. The van der Waals surface area contributed by atoms with Crippen LogP contribution >= 0.6 is 0 Å². The smallest absolute Gasteiger partial charge is 0.208 e. The van der Waals surface area contributed by atoms with Crippen molar-refractivity contribution in [2.45, 2.75) is 37.6 Å². The van der Waals surface area contributed by atoms with Gasteiger partial charge in [-0.05, 0) is 18.6 Å². The van der Waals surface area contributed by atoms with Gasteiger partial charge in [0.15, 0.2) is 0 Å². The summed E-state index contributed by atoms with van der Waals surface area (Å²) in [5.74, 6) is 0.0892. The third kappa shape index (κ3) is 2.33. The van der Waals surface area contributed by atoms with Crippen LogP contribution < -0.4 is 4.74 Å². The van der Waals surface area contributed by atoms with Crippen molar-refractivity contribution in [1.29, 1.82) is 0 Å². The molecule has 2 aliphatic rings. The van der Waals surface area contributed by atoms with Gasteiger partial charge in [0.2, 0.25) is 6.29 Å². The molecular weight excluding hydrogens is 276 g/mol. The van der Waals surface area contributed by atoms with E-state index in [0.717, 1.165) is 11.1 Å². The van der Waals surface area contributed by atoms with Gasteiger partial charge < -0.3 is 29.5 Å². The number of ether oxygens (including phenoxy) is 3. The summed E-state index contributed by atoms with van der Waals surface area (Å²) in [4.78, 5) is 0. The van der Waals surface area contributed by atoms with Crippen molar-refractivity contribution in [3.05, 3.63) is 29.3 Å². The zero-order valence-electron chi connectivity index (χ0n) is 12.0. The lowest BCUT2D eigenvalue weighted by Gasteiger charge is -2.47. The van der Waals surface area contributed by atoms with E-state index in [0.29, 0.717) is 5.75 Å². The summed E-state index contributed by atoms with van der Waals surface area (Å²) in [5, 5.41) is 29.6. The van der Waals surface area contributed by atoms with Crippen molar-refractivity contribution in [3.8, 4) is 5.75 Å². The van der Waals surface area contributed by atoms with Crippen molar-refractivity contribution in [2.75, 3.05) is 13.7 Å². The molecular formula is C15H20O6. The second-order valence-corrected chi connectivity index (χ2v) is 5.60. The molecule has 2 aliphatic heterocycles. The Balaban J connectivity index is 2.00. The predicted molar refractivity (Wildman–Crippen MR) is 72.8 cm³/mol. The Morgan fingerprint density at radius 2 is 2.00 bits per heavy atom. The van der Waals surface area contributed by atoms with Crippen LogP contribution in [0.1, 0.15) is 17.2 Å². The van der Waals surface area contributed by atoms with Crippen LogP contribution in [0.3, 0.4) is 0 Å². The molecule has 1 fully saturated rings. The monoisotopic (exact) mass is 296 g/mol. The van der Waals surface area contributed by atoms with Gasteiger partial charge in [-0.25, -0.2) is 0 Å². The van der Waals surface area contributed by atoms with Crippen LogP contribution in [0.5, 0.6) is 5.75 Å². The number of aliphatic hydroxyl groups excluding tert-OH is 3. The minimum absolute atomic E-state index is 0.386. The zero-order valence-corrected chi connectivity index (χ0v) is 12.0. The number of aryl methyl sites for hydroxylation is 1. The topological polar surface area (TPSA) is 88.4 Å². The third-order valence-corrected chi connectivity index (χ3v) is 4.25. The van der Waals surface area contributed by atoms with Gasteiger partial charge in [-0.2, -0.15) is 0 Å².